The number of aromatic nitrogens is 1. The van der Waals surface area contributed by atoms with Crippen LogP contribution in [0, 0.1) is 0 Å². The number of hydrogen-bond acceptors (Lipinski definition) is 6. The average molecular weight is 381 g/mol. The second-order valence-corrected chi connectivity index (χ2v) is 7.00. The van der Waals surface area contributed by atoms with E-state index in [1.54, 1.807) is 12.1 Å². The van der Waals surface area contributed by atoms with Gasteiger partial charge in [0.1, 0.15) is 5.75 Å². The summed E-state index contributed by atoms with van der Waals surface area (Å²) in [5.41, 5.74) is 1.09. The Labute approximate surface area is 148 Å². The summed E-state index contributed by atoms with van der Waals surface area (Å²) >= 11 is 6.27. The lowest BCUT2D eigenvalue weighted by molar-refractivity contribution is 0.415. The van der Waals surface area contributed by atoms with Crippen LogP contribution in [0.1, 0.15) is 0 Å². The Morgan fingerprint density at radius 3 is 2.44 bits per heavy atom. The number of nitrogens with one attached hydrogen (secondary N) is 1. The maximum Gasteiger partial charge on any atom is 0.238 e. The largest absolute Gasteiger partial charge is 0.495 e. The van der Waals surface area contributed by atoms with Crippen molar-refractivity contribution >= 4 is 43.9 Å². The van der Waals surface area contributed by atoms with Gasteiger partial charge in [0.25, 0.3) is 0 Å². The minimum Gasteiger partial charge on any atom is -0.495 e. The van der Waals surface area contributed by atoms with Gasteiger partial charge in [-0.3, -0.25) is 0 Å². The minimum absolute atomic E-state index is 0.0332. The molecule has 0 saturated carbocycles. The number of nitrogens with two attached hydrogens (primary N) is 1. The van der Waals surface area contributed by atoms with Gasteiger partial charge in [-0.1, -0.05) is 11.6 Å². The van der Waals surface area contributed by atoms with Crippen molar-refractivity contribution in [2.24, 2.45) is 15.4 Å². The number of rotatable bonds is 4. The van der Waals surface area contributed by atoms with Crippen LogP contribution in [0.5, 0.6) is 11.6 Å². The van der Waals surface area contributed by atoms with Gasteiger partial charge in [-0.05, 0) is 36.4 Å². The number of benzene rings is 2. The highest BCUT2D eigenvalue weighted by atomic mass is 35.5. The quantitative estimate of drug-likeness (QED) is 0.597. The van der Waals surface area contributed by atoms with Crippen LogP contribution in [0.15, 0.2) is 51.5 Å². The van der Waals surface area contributed by atoms with Crippen LogP contribution < -0.4 is 9.88 Å². The van der Waals surface area contributed by atoms with E-state index in [9.17, 15) is 13.5 Å². The molecule has 25 heavy (non-hydrogen) atoms. The molecule has 0 unspecified atom stereocenters. The van der Waals surface area contributed by atoms with E-state index in [1.807, 2.05) is 0 Å². The molecule has 0 aliphatic rings. The minimum atomic E-state index is -3.78. The maximum atomic E-state index is 11.2. The molecule has 0 atom stereocenters. The number of H-pyrrole nitrogens is 1. The molecule has 0 spiro atoms. The maximum absolute atomic E-state index is 11.2. The first kappa shape index (κ1) is 17.2. The number of hydrogen-bond donors (Lipinski definition) is 3. The van der Waals surface area contributed by atoms with Gasteiger partial charge >= 0.3 is 0 Å². The van der Waals surface area contributed by atoms with Crippen molar-refractivity contribution in [1.82, 2.24) is 4.98 Å². The zero-order valence-corrected chi connectivity index (χ0v) is 14.5. The summed E-state index contributed by atoms with van der Waals surface area (Å²) in [5, 5.41) is 23.8. The topological polar surface area (TPSA) is 130 Å². The first-order valence-electron chi connectivity index (χ1n) is 6.93. The second kappa shape index (κ2) is 6.36. The molecule has 8 nitrogen and oxygen atoms in total. The van der Waals surface area contributed by atoms with Crippen LogP contribution in [0.3, 0.4) is 0 Å². The van der Waals surface area contributed by atoms with Crippen LogP contribution >= 0.6 is 11.6 Å². The standard InChI is InChI=1S/C15H13ClN4O4S/c1-24-11-7-6-10-12(13(11)16)14(15(21)18-10)20-19-8-2-4-9(5-3-8)25(17,22)23/h2-7,18,21H,1H3,(H2,17,22,23). The lowest BCUT2D eigenvalue weighted by Crippen LogP contribution is -2.11. The lowest BCUT2D eigenvalue weighted by Gasteiger charge is -2.03. The molecule has 0 bridgehead atoms. The summed E-state index contributed by atoms with van der Waals surface area (Å²) in [5.74, 6) is 0.234. The van der Waals surface area contributed by atoms with Crippen molar-refractivity contribution in [3.63, 3.8) is 0 Å². The van der Waals surface area contributed by atoms with Crippen molar-refractivity contribution in [1.29, 1.82) is 0 Å². The van der Waals surface area contributed by atoms with Crippen molar-refractivity contribution in [3.05, 3.63) is 41.4 Å². The Balaban J connectivity index is 2.03. The third kappa shape index (κ3) is 3.29. The number of aromatic hydroxyl groups is 1. The van der Waals surface area contributed by atoms with Crippen molar-refractivity contribution in [2.75, 3.05) is 7.11 Å². The SMILES string of the molecule is COc1ccc2[nH]c(O)c(N=Nc3ccc(S(N)(=O)=O)cc3)c2c1Cl. The third-order valence-electron chi connectivity index (χ3n) is 3.47. The Morgan fingerprint density at radius 2 is 1.84 bits per heavy atom. The first-order chi connectivity index (χ1) is 11.8. The molecule has 2 aromatic carbocycles. The highest BCUT2D eigenvalue weighted by molar-refractivity contribution is 7.89. The lowest BCUT2D eigenvalue weighted by atomic mass is 10.2. The Bertz CT molecular complexity index is 1080. The molecule has 10 heteroatoms. The van der Waals surface area contributed by atoms with Gasteiger partial charge in [0, 0.05) is 0 Å². The van der Waals surface area contributed by atoms with E-state index in [-0.39, 0.29) is 21.5 Å². The fourth-order valence-corrected chi connectivity index (χ4v) is 3.11. The van der Waals surface area contributed by atoms with E-state index in [0.717, 1.165) is 0 Å². The smallest absolute Gasteiger partial charge is 0.238 e. The van der Waals surface area contributed by atoms with Gasteiger partial charge in [-0.15, -0.1) is 5.11 Å². The van der Waals surface area contributed by atoms with Crippen molar-refractivity contribution in [3.8, 4) is 11.6 Å². The number of sulfonamides is 1. The van der Waals surface area contributed by atoms with Gasteiger partial charge in [0.15, 0.2) is 5.69 Å². The van der Waals surface area contributed by atoms with Gasteiger partial charge in [-0.25, -0.2) is 13.6 Å². The van der Waals surface area contributed by atoms with E-state index < -0.39 is 10.0 Å². The molecule has 130 valence electrons. The number of aromatic amines is 1. The molecule has 0 radical (unpaired) electrons. The number of methoxy groups -OCH3 is 1. The fraction of sp³-hybridized carbons (Fsp3) is 0.0667. The number of halogens is 1. The van der Waals surface area contributed by atoms with Crippen LogP contribution in [0.25, 0.3) is 10.9 Å². The van der Waals surface area contributed by atoms with Crippen molar-refractivity contribution < 1.29 is 18.3 Å². The number of azo groups is 1. The molecule has 0 saturated heterocycles. The summed E-state index contributed by atoms with van der Waals surface area (Å²) in [7, 11) is -2.30. The highest BCUT2D eigenvalue weighted by Crippen LogP contribution is 2.43. The number of primary sulfonamides is 1. The zero-order valence-electron chi connectivity index (χ0n) is 12.9. The van der Waals surface area contributed by atoms with E-state index in [2.05, 4.69) is 15.2 Å². The Morgan fingerprint density at radius 1 is 1.16 bits per heavy atom. The summed E-state index contributed by atoms with van der Waals surface area (Å²) in [6, 6.07) is 8.87. The summed E-state index contributed by atoms with van der Waals surface area (Å²) < 4.78 is 27.6. The molecule has 3 aromatic rings. The number of ether oxygens (including phenoxy) is 1. The molecule has 0 fully saturated rings. The summed E-state index contributed by atoms with van der Waals surface area (Å²) in [6.45, 7) is 0. The third-order valence-corrected chi connectivity index (χ3v) is 4.78. The molecule has 1 heterocycles. The van der Waals surface area contributed by atoms with Gasteiger partial charge < -0.3 is 14.8 Å². The van der Waals surface area contributed by atoms with E-state index in [4.69, 9.17) is 21.5 Å². The zero-order chi connectivity index (χ0) is 18.2. The van der Waals surface area contributed by atoms with Gasteiger partial charge in [0.05, 0.1) is 33.6 Å². The predicted octanol–water partition coefficient (Wildman–Crippen LogP) is 3.60. The Hall–Kier alpha value is -2.62. The molecule has 1 aromatic heterocycles. The second-order valence-electron chi connectivity index (χ2n) is 5.07. The summed E-state index contributed by atoms with van der Waals surface area (Å²) in [6.07, 6.45) is 0. The number of nitrogens with zero attached hydrogens (tertiary/aromatic N) is 2. The van der Waals surface area contributed by atoms with Crippen LogP contribution in [-0.4, -0.2) is 25.6 Å². The molecule has 4 N–H and O–H groups in total. The highest BCUT2D eigenvalue weighted by Gasteiger charge is 2.17. The van der Waals surface area contributed by atoms with Crippen LogP contribution in [0.2, 0.25) is 5.02 Å². The molecular weight excluding hydrogens is 368 g/mol. The molecule has 0 amide bonds. The molecule has 0 aliphatic heterocycles. The first-order valence-corrected chi connectivity index (χ1v) is 8.85. The number of fused-ring (bicyclic) bond motifs is 1. The Kier molecular flexibility index (Phi) is 4.38. The van der Waals surface area contributed by atoms with E-state index in [1.165, 1.54) is 31.4 Å². The average Bonchev–Trinajstić information content (AvgIpc) is 2.89. The summed E-state index contributed by atoms with van der Waals surface area (Å²) in [4.78, 5) is 2.72. The monoisotopic (exact) mass is 380 g/mol. The van der Waals surface area contributed by atoms with E-state index in [0.29, 0.717) is 22.3 Å². The van der Waals surface area contributed by atoms with Gasteiger partial charge in [0.2, 0.25) is 15.9 Å². The fourth-order valence-electron chi connectivity index (χ4n) is 2.26. The van der Waals surface area contributed by atoms with Crippen LogP contribution in [0.4, 0.5) is 11.4 Å². The van der Waals surface area contributed by atoms with Gasteiger partial charge in [-0.2, -0.15) is 5.11 Å². The van der Waals surface area contributed by atoms with E-state index >= 15 is 0 Å². The van der Waals surface area contributed by atoms with Crippen molar-refractivity contribution in [2.45, 2.75) is 4.90 Å². The molecular formula is C15H13ClN4O4S. The molecule has 3 rings (SSSR count). The molecule has 0 aliphatic carbocycles. The normalized spacial score (nSPS) is 12.1. The predicted molar refractivity (Wildman–Crippen MR) is 93.5 cm³/mol. The van der Waals surface area contributed by atoms with Crippen LogP contribution in [-0.2, 0) is 10.0 Å².